The fraction of sp³-hybridized carbons (Fsp3) is 0.188. The van der Waals surface area contributed by atoms with Gasteiger partial charge in [-0.2, -0.15) is 0 Å². The summed E-state index contributed by atoms with van der Waals surface area (Å²) in [4.78, 5) is 11.9. The number of anilines is 1. The second-order valence-corrected chi connectivity index (χ2v) is 5.23. The SMILES string of the molecule is O=C(NCc1ccc(Cl)cc1)Nc1ccc2c(c1)OCCO2. The number of carbonyl (C=O) groups is 1. The highest BCUT2D eigenvalue weighted by Crippen LogP contribution is 2.32. The molecule has 0 fully saturated rings. The average molecular weight is 319 g/mol. The van der Waals surface area contributed by atoms with E-state index in [4.69, 9.17) is 21.1 Å². The zero-order valence-corrected chi connectivity index (χ0v) is 12.5. The van der Waals surface area contributed by atoms with E-state index < -0.39 is 0 Å². The van der Waals surface area contributed by atoms with Crippen molar-refractivity contribution in [1.82, 2.24) is 5.32 Å². The molecule has 0 spiro atoms. The predicted molar refractivity (Wildman–Crippen MR) is 84.7 cm³/mol. The van der Waals surface area contributed by atoms with Crippen LogP contribution in [0.2, 0.25) is 5.02 Å². The van der Waals surface area contributed by atoms with Crippen LogP contribution in [0.4, 0.5) is 10.5 Å². The molecule has 0 aromatic heterocycles. The Morgan fingerprint density at radius 1 is 1.05 bits per heavy atom. The van der Waals surface area contributed by atoms with Crippen LogP contribution in [-0.2, 0) is 6.54 Å². The van der Waals surface area contributed by atoms with Gasteiger partial charge in [0.05, 0.1) is 0 Å². The maximum absolute atomic E-state index is 11.9. The van der Waals surface area contributed by atoms with E-state index in [9.17, 15) is 4.79 Å². The van der Waals surface area contributed by atoms with Gasteiger partial charge in [0.15, 0.2) is 11.5 Å². The molecule has 6 heteroatoms. The van der Waals surface area contributed by atoms with Crippen LogP contribution in [0.15, 0.2) is 42.5 Å². The fourth-order valence-electron chi connectivity index (χ4n) is 2.08. The minimum atomic E-state index is -0.286. The molecule has 1 aliphatic rings. The zero-order valence-electron chi connectivity index (χ0n) is 11.8. The maximum atomic E-state index is 11.9. The second-order valence-electron chi connectivity index (χ2n) is 4.79. The lowest BCUT2D eigenvalue weighted by Crippen LogP contribution is -2.28. The first kappa shape index (κ1) is 14.5. The highest BCUT2D eigenvalue weighted by Gasteiger charge is 2.12. The number of benzene rings is 2. The zero-order chi connectivity index (χ0) is 15.4. The van der Waals surface area contributed by atoms with Gasteiger partial charge in [-0.05, 0) is 29.8 Å². The first-order valence-electron chi connectivity index (χ1n) is 6.90. The number of carbonyl (C=O) groups excluding carboxylic acids is 1. The molecule has 0 bridgehead atoms. The first-order chi connectivity index (χ1) is 10.7. The van der Waals surface area contributed by atoms with Crippen molar-refractivity contribution in [3.8, 4) is 11.5 Å². The molecule has 1 heterocycles. The molecule has 2 aromatic rings. The van der Waals surface area contributed by atoms with Gasteiger partial charge in [0, 0.05) is 23.3 Å². The molecule has 0 saturated carbocycles. The highest BCUT2D eigenvalue weighted by molar-refractivity contribution is 6.30. The number of urea groups is 1. The molecule has 114 valence electrons. The van der Waals surface area contributed by atoms with Gasteiger partial charge in [0.1, 0.15) is 13.2 Å². The summed E-state index contributed by atoms with van der Waals surface area (Å²) < 4.78 is 10.9. The summed E-state index contributed by atoms with van der Waals surface area (Å²) in [6.07, 6.45) is 0. The quantitative estimate of drug-likeness (QED) is 0.911. The summed E-state index contributed by atoms with van der Waals surface area (Å²) in [6.45, 7) is 1.48. The van der Waals surface area contributed by atoms with E-state index >= 15 is 0 Å². The monoisotopic (exact) mass is 318 g/mol. The first-order valence-corrected chi connectivity index (χ1v) is 7.27. The van der Waals surface area contributed by atoms with Crippen LogP contribution in [0.1, 0.15) is 5.56 Å². The van der Waals surface area contributed by atoms with Crippen LogP contribution >= 0.6 is 11.6 Å². The summed E-state index contributed by atoms with van der Waals surface area (Å²) in [7, 11) is 0. The summed E-state index contributed by atoms with van der Waals surface area (Å²) in [5.74, 6) is 1.33. The van der Waals surface area contributed by atoms with Gasteiger partial charge in [-0.15, -0.1) is 0 Å². The molecule has 22 heavy (non-hydrogen) atoms. The van der Waals surface area contributed by atoms with Gasteiger partial charge < -0.3 is 20.1 Å². The van der Waals surface area contributed by atoms with Crippen LogP contribution in [0, 0.1) is 0 Å². The van der Waals surface area contributed by atoms with E-state index in [2.05, 4.69) is 10.6 Å². The number of ether oxygens (including phenoxy) is 2. The topological polar surface area (TPSA) is 59.6 Å². The maximum Gasteiger partial charge on any atom is 0.319 e. The molecule has 3 rings (SSSR count). The molecule has 2 amide bonds. The van der Waals surface area contributed by atoms with E-state index in [0.29, 0.717) is 42.0 Å². The van der Waals surface area contributed by atoms with E-state index in [1.54, 1.807) is 30.3 Å². The van der Waals surface area contributed by atoms with Crippen LogP contribution in [-0.4, -0.2) is 19.2 Å². The minimum Gasteiger partial charge on any atom is -0.486 e. The van der Waals surface area contributed by atoms with Crippen molar-refractivity contribution in [2.75, 3.05) is 18.5 Å². The molecule has 0 saturated heterocycles. The summed E-state index contributed by atoms with van der Waals surface area (Å²) >= 11 is 5.82. The van der Waals surface area contributed by atoms with Gasteiger partial charge in [0.2, 0.25) is 0 Å². The van der Waals surface area contributed by atoms with Crippen molar-refractivity contribution in [2.45, 2.75) is 6.54 Å². The number of hydrogen-bond donors (Lipinski definition) is 2. The van der Waals surface area contributed by atoms with Crippen molar-refractivity contribution in [1.29, 1.82) is 0 Å². The Bertz CT molecular complexity index is 674. The minimum absolute atomic E-state index is 0.286. The van der Waals surface area contributed by atoms with Crippen LogP contribution in [0.3, 0.4) is 0 Å². The van der Waals surface area contributed by atoms with Crippen molar-refractivity contribution in [3.63, 3.8) is 0 Å². The average Bonchev–Trinajstić information content (AvgIpc) is 2.54. The number of hydrogen-bond acceptors (Lipinski definition) is 3. The van der Waals surface area contributed by atoms with Crippen molar-refractivity contribution in [2.24, 2.45) is 0 Å². The van der Waals surface area contributed by atoms with Crippen molar-refractivity contribution in [3.05, 3.63) is 53.1 Å². The number of halogens is 1. The Labute approximate surface area is 133 Å². The van der Waals surface area contributed by atoms with Crippen molar-refractivity contribution >= 4 is 23.3 Å². The Kier molecular flexibility index (Phi) is 4.34. The lowest BCUT2D eigenvalue weighted by Gasteiger charge is -2.19. The normalized spacial score (nSPS) is 12.6. The van der Waals surface area contributed by atoms with Gasteiger partial charge in [0.25, 0.3) is 0 Å². The standard InChI is InChI=1S/C16H15ClN2O3/c17-12-3-1-11(2-4-12)10-18-16(20)19-13-5-6-14-15(9-13)22-8-7-21-14/h1-6,9H,7-8,10H2,(H2,18,19,20). The third kappa shape index (κ3) is 3.62. The van der Waals surface area contributed by atoms with E-state index in [-0.39, 0.29) is 6.03 Å². The molecule has 0 atom stereocenters. The fourth-order valence-corrected chi connectivity index (χ4v) is 2.21. The molecule has 5 nitrogen and oxygen atoms in total. The lowest BCUT2D eigenvalue weighted by atomic mass is 10.2. The van der Waals surface area contributed by atoms with Gasteiger partial charge in [-0.25, -0.2) is 4.79 Å². The summed E-state index contributed by atoms with van der Waals surface area (Å²) in [5, 5.41) is 6.21. The molecule has 2 aromatic carbocycles. The Morgan fingerprint density at radius 3 is 2.55 bits per heavy atom. The van der Waals surface area contributed by atoms with Crippen molar-refractivity contribution < 1.29 is 14.3 Å². The van der Waals surface area contributed by atoms with Crippen LogP contribution in [0.5, 0.6) is 11.5 Å². The summed E-state index contributed by atoms with van der Waals surface area (Å²) in [5.41, 5.74) is 1.62. The molecular formula is C16H15ClN2O3. The molecule has 0 unspecified atom stereocenters. The lowest BCUT2D eigenvalue weighted by molar-refractivity contribution is 0.171. The Morgan fingerprint density at radius 2 is 1.77 bits per heavy atom. The van der Waals surface area contributed by atoms with Crippen LogP contribution < -0.4 is 20.1 Å². The third-order valence-corrected chi connectivity index (χ3v) is 3.42. The third-order valence-electron chi connectivity index (χ3n) is 3.17. The van der Waals surface area contributed by atoms with Gasteiger partial charge >= 0.3 is 6.03 Å². The summed E-state index contributed by atoms with van der Waals surface area (Å²) in [6, 6.07) is 12.3. The molecular weight excluding hydrogens is 304 g/mol. The van der Waals surface area contributed by atoms with E-state index in [1.165, 1.54) is 0 Å². The smallest absolute Gasteiger partial charge is 0.319 e. The molecule has 0 radical (unpaired) electrons. The largest absolute Gasteiger partial charge is 0.486 e. The molecule has 2 N–H and O–H groups in total. The molecule has 1 aliphatic heterocycles. The second kappa shape index (κ2) is 6.58. The number of amides is 2. The molecule has 0 aliphatic carbocycles. The van der Waals surface area contributed by atoms with E-state index in [1.807, 2.05) is 12.1 Å². The highest BCUT2D eigenvalue weighted by atomic mass is 35.5. The van der Waals surface area contributed by atoms with Crippen LogP contribution in [0.25, 0.3) is 0 Å². The van der Waals surface area contributed by atoms with Gasteiger partial charge in [-0.3, -0.25) is 0 Å². The number of nitrogens with one attached hydrogen (secondary N) is 2. The van der Waals surface area contributed by atoms with E-state index in [0.717, 1.165) is 5.56 Å². The number of rotatable bonds is 3. The predicted octanol–water partition coefficient (Wildman–Crippen LogP) is 3.43. The number of fused-ring (bicyclic) bond motifs is 1. The Hall–Kier alpha value is -2.40. The van der Waals surface area contributed by atoms with Gasteiger partial charge in [-0.1, -0.05) is 23.7 Å². The Balaban J connectivity index is 1.56.